The Bertz CT molecular complexity index is 755. The van der Waals surface area contributed by atoms with Crippen LogP contribution in [0.15, 0.2) is 54.6 Å². The summed E-state index contributed by atoms with van der Waals surface area (Å²) in [6, 6.07) is 16.4. The Balaban J connectivity index is 1.73. The molecule has 1 heterocycles. The molecule has 1 atom stereocenters. The average molecular weight is 352 g/mol. The summed E-state index contributed by atoms with van der Waals surface area (Å²) in [6.45, 7) is 3.44. The minimum absolute atomic E-state index is 0.0320. The second-order valence-electron chi connectivity index (χ2n) is 6.36. The number of para-hydroxylation sites is 2. The van der Waals surface area contributed by atoms with Crippen molar-refractivity contribution in [3.63, 3.8) is 0 Å². The van der Waals surface area contributed by atoms with Crippen LogP contribution in [0.5, 0.6) is 5.75 Å². The Labute approximate surface area is 154 Å². The van der Waals surface area contributed by atoms with Gasteiger partial charge >= 0.3 is 0 Å². The molecule has 0 saturated carbocycles. The molecule has 1 aliphatic rings. The summed E-state index contributed by atoms with van der Waals surface area (Å²) in [5.41, 5.74) is 1.06. The van der Waals surface area contributed by atoms with Crippen LogP contribution in [-0.2, 0) is 4.79 Å². The monoisotopic (exact) mass is 352 g/mol. The molecule has 0 aromatic heterocycles. The molecular weight excluding hydrogens is 328 g/mol. The number of benzene rings is 2. The van der Waals surface area contributed by atoms with Gasteiger partial charge in [-0.1, -0.05) is 37.3 Å². The lowest BCUT2D eigenvalue weighted by Gasteiger charge is -2.20. The number of anilines is 1. The molecule has 2 aromatic rings. The predicted octanol–water partition coefficient (Wildman–Crippen LogP) is 3.72. The van der Waals surface area contributed by atoms with Crippen molar-refractivity contribution >= 4 is 17.5 Å². The summed E-state index contributed by atoms with van der Waals surface area (Å²) >= 11 is 0. The molecule has 5 nitrogen and oxygen atoms in total. The molecule has 1 aliphatic heterocycles. The minimum atomic E-state index is -0.618. The van der Waals surface area contributed by atoms with E-state index in [1.54, 1.807) is 12.1 Å². The fraction of sp³-hybridized carbons (Fsp3) is 0.333. The van der Waals surface area contributed by atoms with Gasteiger partial charge in [-0.3, -0.25) is 9.59 Å². The van der Waals surface area contributed by atoms with E-state index in [0.717, 1.165) is 25.9 Å². The van der Waals surface area contributed by atoms with Crippen LogP contribution in [-0.4, -0.2) is 35.9 Å². The molecule has 1 N–H and O–H groups in total. The molecule has 0 radical (unpaired) electrons. The van der Waals surface area contributed by atoms with Crippen molar-refractivity contribution in [3.8, 4) is 5.75 Å². The quantitative estimate of drug-likeness (QED) is 0.862. The molecule has 5 heteroatoms. The van der Waals surface area contributed by atoms with Gasteiger partial charge in [0.1, 0.15) is 5.75 Å². The topological polar surface area (TPSA) is 58.6 Å². The Morgan fingerprint density at radius 1 is 1.04 bits per heavy atom. The number of amides is 2. The number of hydrogen-bond donors (Lipinski definition) is 1. The number of nitrogens with one attached hydrogen (secondary N) is 1. The average Bonchev–Trinajstić information content (AvgIpc) is 3.21. The van der Waals surface area contributed by atoms with Crippen LogP contribution in [0.25, 0.3) is 0 Å². The maximum absolute atomic E-state index is 12.7. The maximum atomic E-state index is 12.7. The number of ether oxygens (including phenoxy) is 1. The lowest BCUT2D eigenvalue weighted by atomic mass is 10.1. The van der Waals surface area contributed by atoms with E-state index in [0.29, 0.717) is 23.4 Å². The fourth-order valence-electron chi connectivity index (χ4n) is 3.07. The number of carbonyl (C=O) groups excluding carboxylic acids is 2. The van der Waals surface area contributed by atoms with E-state index in [4.69, 9.17) is 4.74 Å². The van der Waals surface area contributed by atoms with Crippen LogP contribution in [0.4, 0.5) is 5.69 Å². The highest BCUT2D eigenvalue weighted by atomic mass is 16.5. The van der Waals surface area contributed by atoms with E-state index < -0.39 is 6.10 Å². The molecular formula is C21H24N2O3. The third-order valence-electron chi connectivity index (χ3n) is 4.49. The van der Waals surface area contributed by atoms with Gasteiger partial charge in [-0.15, -0.1) is 0 Å². The van der Waals surface area contributed by atoms with E-state index in [9.17, 15) is 9.59 Å². The van der Waals surface area contributed by atoms with E-state index in [2.05, 4.69) is 5.32 Å². The molecule has 3 rings (SSSR count). The highest BCUT2D eigenvalue weighted by molar-refractivity contribution is 6.04. The largest absolute Gasteiger partial charge is 0.481 e. The molecule has 0 bridgehead atoms. The van der Waals surface area contributed by atoms with Crippen LogP contribution >= 0.6 is 0 Å². The van der Waals surface area contributed by atoms with Crippen LogP contribution in [0.1, 0.15) is 36.5 Å². The second-order valence-corrected chi connectivity index (χ2v) is 6.36. The summed E-state index contributed by atoms with van der Waals surface area (Å²) in [5.74, 6) is 0.365. The summed E-state index contributed by atoms with van der Waals surface area (Å²) < 4.78 is 5.79. The lowest BCUT2D eigenvalue weighted by molar-refractivity contribution is -0.122. The van der Waals surface area contributed by atoms with Crippen molar-refractivity contribution in [2.24, 2.45) is 0 Å². The van der Waals surface area contributed by atoms with Gasteiger partial charge in [-0.2, -0.15) is 0 Å². The summed E-state index contributed by atoms with van der Waals surface area (Å²) in [4.78, 5) is 27.2. The van der Waals surface area contributed by atoms with Gasteiger partial charge in [0.2, 0.25) is 0 Å². The Kier molecular flexibility index (Phi) is 5.89. The van der Waals surface area contributed by atoms with Crippen molar-refractivity contribution in [1.82, 2.24) is 4.90 Å². The Hall–Kier alpha value is -2.82. The first-order valence-electron chi connectivity index (χ1n) is 9.10. The lowest BCUT2D eigenvalue weighted by Crippen LogP contribution is -2.34. The van der Waals surface area contributed by atoms with Crippen LogP contribution in [0.2, 0.25) is 0 Å². The van der Waals surface area contributed by atoms with Gasteiger partial charge in [0.15, 0.2) is 6.10 Å². The van der Waals surface area contributed by atoms with Crippen LogP contribution < -0.4 is 10.1 Å². The van der Waals surface area contributed by atoms with Crippen molar-refractivity contribution in [2.45, 2.75) is 32.3 Å². The third-order valence-corrected chi connectivity index (χ3v) is 4.49. The molecule has 0 unspecified atom stereocenters. The number of rotatable bonds is 6. The molecule has 0 spiro atoms. The molecule has 26 heavy (non-hydrogen) atoms. The highest BCUT2D eigenvalue weighted by Crippen LogP contribution is 2.21. The zero-order chi connectivity index (χ0) is 18.4. The van der Waals surface area contributed by atoms with Crippen molar-refractivity contribution in [2.75, 3.05) is 18.4 Å². The smallest absolute Gasteiger partial charge is 0.265 e. The predicted molar refractivity (Wildman–Crippen MR) is 101 cm³/mol. The van der Waals surface area contributed by atoms with Gasteiger partial charge in [0.25, 0.3) is 11.8 Å². The molecule has 2 aromatic carbocycles. The van der Waals surface area contributed by atoms with Crippen molar-refractivity contribution < 1.29 is 14.3 Å². The summed E-state index contributed by atoms with van der Waals surface area (Å²) in [7, 11) is 0. The zero-order valence-corrected chi connectivity index (χ0v) is 15.0. The number of carbonyl (C=O) groups is 2. The third kappa shape index (κ3) is 4.23. The summed E-state index contributed by atoms with van der Waals surface area (Å²) in [6.07, 6.45) is 1.97. The van der Waals surface area contributed by atoms with Gasteiger partial charge in [0.05, 0.1) is 11.3 Å². The first kappa shape index (κ1) is 18.0. The van der Waals surface area contributed by atoms with Gasteiger partial charge in [-0.25, -0.2) is 0 Å². The first-order chi connectivity index (χ1) is 12.7. The Morgan fingerprint density at radius 2 is 1.69 bits per heavy atom. The molecule has 1 saturated heterocycles. The first-order valence-corrected chi connectivity index (χ1v) is 9.10. The Morgan fingerprint density at radius 3 is 2.38 bits per heavy atom. The van der Waals surface area contributed by atoms with Gasteiger partial charge in [-0.05, 0) is 43.5 Å². The maximum Gasteiger partial charge on any atom is 0.265 e. The zero-order valence-electron chi connectivity index (χ0n) is 15.0. The van der Waals surface area contributed by atoms with Crippen LogP contribution in [0.3, 0.4) is 0 Å². The number of likely N-dealkylation sites (tertiary alicyclic amines) is 1. The van der Waals surface area contributed by atoms with E-state index >= 15 is 0 Å². The summed E-state index contributed by atoms with van der Waals surface area (Å²) in [5, 5.41) is 2.87. The molecule has 0 aliphatic carbocycles. The van der Waals surface area contributed by atoms with Crippen molar-refractivity contribution in [1.29, 1.82) is 0 Å². The molecule has 1 fully saturated rings. The van der Waals surface area contributed by atoms with E-state index in [-0.39, 0.29) is 11.8 Å². The van der Waals surface area contributed by atoms with Crippen molar-refractivity contribution in [3.05, 3.63) is 60.2 Å². The number of nitrogens with zero attached hydrogens (tertiary/aromatic N) is 1. The van der Waals surface area contributed by atoms with Gasteiger partial charge in [0, 0.05) is 13.1 Å². The minimum Gasteiger partial charge on any atom is -0.481 e. The fourth-order valence-corrected chi connectivity index (χ4v) is 3.07. The van der Waals surface area contributed by atoms with Crippen LogP contribution in [0, 0.1) is 0 Å². The molecule has 2 amide bonds. The van der Waals surface area contributed by atoms with E-state index in [1.165, 1.54) is 0 Å². The molecule has 136 valence electrons. The highest BCUT2D eigenvalue weighted by Gasteiger charge is 2.24. The van der Waals surface area contributed by atoms with Gasteiger partial charge < -0.3 is 15.0 Å². The SMILES string of the molecule is CC[C@H](Oc1ccccc1)C(=O)Nc1ccccc1C(=O)N1CCCC1. The normalized spacial score (nSPS) is 14.7. The van der Waals surface area contributed by atoms with E-state index in [1.807, 2.05) is 54.3 Å². The second kappa shape index (κ2) is 8.52. The number of hydrogen-bond acceptors (Lipinski definition) is 3. The standard InChI is InChI=1S/C21H24N2O3/c1-2-19(26-16-10-4-3-5-11-16)20(24)22-18-13-7-6-12-17(18)21(25)23-14-8-9-15-23/h3-7,10-13,19H,2,8-9,14-15H2,1H3,(H,22,24)/t19-/m0/s1.